The summed E-state index contributed by atoms with van der Waals surface area (Å²) in [4.78, 5) is 41.6. The van der Waals surface area contributed by atoms with Gasteiger partial charge in [0.25, 0.3) is 11.7 Å². The van der Waals surface area contributed by atoms with Crippen molar-refractivity contribution < 1.29 is 38.4 Å². The van der Waals surface area contributed by atoms with Crippen LogP contribution >= 0.6 is 0 Å². The number of hydrogen-bond acceptors (Lipinski definition) is 9. The Labute approximate surface area is 222 Å². The van der Waals surface area contributed by atoms with Gasteiger partial charge in [0, 0.05) is 26.1 Å². The molecule has 38 heavy (non-hydrogen) atoms. The molecule has 0 aromatic heterocycles. The van der Waals surface area contributed by atoms with Gasteiger partial charge >= 0.3 is 5.97 Å². The minimum absolute atomic E-state index is 0.0992. The molecule has 0 radical (unpaired) electrons. The topological polar surface area (TPSA) is 115 Å². The highest BCUT2D eigenvalue weighted by Crippen LogP contribution is 2.43. The highest BCUT2D eigenvalue weighted by molar-refractivity contribution is 6.46. The van der Waals surface area contributed by atoms with E-state index < -0.39 is 23.7 Å². The maximum atomic E-state index is 13.4. The number of aliphatic hydroxyl groups excluding tert-OH is 1. The van der Waals surface area contributed by atoms with Crippen molar-refractivity contribution in [1.29, 1.82) is 0 Å². The van der Waals surface area contributed by atoms with E-state index in [1.54, 1.807) is 37.3 Å². The van der Waals surface area contributed by atoms with E-state index in [0.29, 0.717) is 42.6 Å². The summed E-state index contributed by atoms with van der Waals surface area (Å²) >= 11 is 0. The van der Waals surface area contributed by atoms with Crippen molar-refractivity contribution in [2.75, 3.05) is 47.5 Å². The Bertz CT molecular complexity index is 1240. The first-order valence-electron chi connectivity index (χ1n) is 12.3. The average Bonchev–Trinajstić information content (AvgIpc) is 3.12. The molecule has 1 atom stereocenters. The van der Waals surface area contributed by atoms with Crippen molar-refractivity contribution in [2.45, 2.75) is 26.8 Å². The van der Waals surface area contributed by atoms with E-state index >= 15 is 0 Å². The van der Waals surface area contributed by atoms with Crippen LogP contribution in [0.1, 0.15) is 37.9 Å². The number of aliphatic hydroxyl groups is 1. The molecule has 3 rings (SSSR count). The van der Waals surface area contributed by atoms with Gasteiger partial charge < -0.3 is 33.9 Å². The minimum Gasteiger partial charge on any atom is -0.507 e. The number of Topliss-reactive ketones (excluding diaryl/α,β-unsaturated/α-hetero) is 1. The van der Waals surface area contributed by atoms with Crippen LogP contribution in [0.2, 0.25) is 0 Å². The van der Waals surface area contributed by atoms with Crippen LogP contribution in [-0.4, -0.2) is 80.1 Å². The van der Waals surface area contributed by atoms with Crippen molar-refractivity contribution in [1.82, 2.24) is 9.80 Å². The van der Waals surface area contributed by atoms with Gasteiger partial charge in [0.15, 0.2) is 11.5 Å². The van der Waals surface area contributed by atoms with E-state index in [1.807, 2.05) is 25.9 Å². The summed E-state index contributed by atoms with van der Waals surface area (Å²) in [6, 6.07) is 8.72. The monoisotopic (exact) mass is 526 g/mol. The maximum Gasteiger partial charge on any atom is 0.308 e. The first-order chi connectivity index (χ1) is 18.1. The first kappa shape index (κ1) is 28.5. The standard InChI is InChI=1S/C28H34N2O8/c1-7-36-19-10-11-20(22(16-19)37-8-2)26(32)24-25(30(14-13-29(4)5)28(34)27(24)33)18-9-12-21(35-6)23(15-18)38-17(3)31/h9-12,15-16,25,32H,7-8,13-14H2,1-6H3/b26-24+. The van der Waals surface area contributed by atoms with E-state index in [-0.39, 0.29) is 29.2 Å². The number of benzene rings is 2. The van der Waals surface area contributed by atoms with Gasteiger partial charge in [-0.25, -0.2) is 0 Å². The summed E-state index contributed by atoms with van der Waals surface area (Å²) in [6.45, 7) is 6.35. The molecule has 1 amide bonds. The molecule has 1 heterocycles. The number of nitrogens with zero attached hydrogens (tertiary/aromatic N) is 2. The number of amides is 1. The van der Waals surface area contributed by atoms with E-state index in [2.05, 4.69) is 0 Å². The third kappa shape index (κ3) is 6.08. The molecule has 10 nitrogen and oxygen atoms in total. The SMILES string of the molecule is CCOc1ccc(/C(O)=C2\C(=O)C(=O)N(CCN(C)C)C2c2ccc(OC)c(OC(C)=O)c2)c(OCC)c1. The molecular formula is C28H34N2O8. The van der Waals surface area contributed by atoms with Crippen molar-refractivity contribution in [2.24, 2.45) is 0 Å². The molecule has 10 heteroatoms. The second kappa shape index (κ2) is 12.5. The van der Waals surface area contributed by atoms with Crippen LogP contribution in [0.4, 0.5) is 0 Å². The van der Waals surface area contributed by atoms with Gasteiger partial charge in [-0.15, -0.1) is 0 Å². The van der Waals surface area contributed by atoms with Gasteiger partial charge in [-0.1, -0.05) is 6.07 Å². The number of carbonyl (C=O) groups is 3. The van der Waals surface area contributed by atoms with Gasteiger partial charge in [0.2, 0.25) is 0 Å². The van der Waals surface area contributed by atoms with E-state index in [1.165, 1.54) is 25.0 Å². The highest BCUT2D eigenvalue weighted by Gasteiger charge is 2.46. The van der Waals surface area contributed by atoms with Crippen LogP contribution in [0.3, 0.4) is 0 Å². The molecule has 1 unspecified atom stereocenters. The molecule has 1 aliphatic heterocycles. The molecule has 0 saturated carbocycles. The molecular weight excluding hydrogens is 492 g/mol. The van der Waals surface area contributed by atoms with Crippen LogP contribution in [0.5, 0.6) is 23.0 Å². The molecule has 0 bridgehead atoms. The normalized spacial score (nSPS) is 16.6. The first-order valence-corrected chi connectivity index (χ1v) is 12.3. The quantitative estimate of drug-likeness (QED) is 0.155. The van der Waals surface area contributed by atoms with Gasteiger partial charge in [-0.05, 0) is 57.8 Å². The fourth-order valence-electron chi connectivity index (χ4n) is 4.24. The van der Waals surface area contributed by atoms with Gasteiger partial charge in [-0.2, -0.15) is 0 Å². The summed E-state index contributed by atoms with van der Waals surface area (Å²) in [7, 11) is 5.14. The lowest BCUT2D eigenvalue weighted by atomic mass is 9.94. The summed E-state index contributed by atoms with van der Waals surface area (Å²) in [5.41, 5.74) is 0.614. The van der Waals surface area contributed by atoms with Crippen LogP contribution in [-0.2, 0) is 14.4 Å². The lowest BCUT2D eigenvalue weighted by Gasteiger charge is -2.27. The fraction of sp³-hybridized carbons (Fsp3) is 0.393. The van der Waals surface area contributed by atoms with Crippen molar-refractivity contribution >= 4 is 23.4 Å². The van der Waals surface area contributed by atoms with Crippen LogP contribution in [0.25, 0.3) is 5.76 Å². The zero-order chi connectivity index (χ0) is 28.0. The number of ether oxygens (including phenoxy) is 4. The zero-order valence-electron chi connectivity index (χ0n) is 22.6. The van der Waals surface area contributed by atoms with E-state index in [9.17, 15) is 19.5 Å². The maximum absolute atomic E-state index is 13.4. The summed E-state index contributed by atoms with van der Waals surface area (Å²) in [5.74, 6) is -1.22. The molecule has 204 valence electrons. The van der Waals surface area contributed by atoms with Crippen LogP contribution < -0.4 is 18.9 Å². The number of hydrogen-bond donors (Lipinski definition) is 1. The Morgan fingerprint density at radius 1 is 1.00 bits per heavy atom. The Morgan fingerprint density at radius 3 is 2.32 bits per heavy atom. The average molecular weight is 527 g/mol. The number of likely N-dealkylation sites (tertiary alicyclic amines) is 1. The Morgan fingerprint density at radius 2 is 1.71 bits per heavy atom. The Balaban J connectivity index is 2.24. The molecule has 1 saturated heterocycles. The largest absolute Gasteiger partial charge is 0.507 e. The molecule has 2 aromatic rings. The summed E-state index contributed by atoms with van der Waals surface area (Å²) in [6.07, 6.45) is 0. The number of esters is 1. The number of methoxy groups -OCH3 is 1. The lowest BCUT2D eigenvalue weighted by Crippen LogP contribution is -2.35. The molecule has 0 aliphatic carbocycles. The summed E-state index contributed by atoms with van der Waals surface area (Å²) < 4.78 is 21.9. The lowest BCUT2D eigenvalue weighted by molar-refractivity contribution is -0.140. The molecule has 1 N–H and O–H groups in total. The number of carbonyl (C=O) groups excluding carboxylic acids is 3. The van der Waals surface area contributed by atoms with E-state index in [4.69, 9.17) is 18.9 Å². The molecule has 2 aromatic carbocycles. The van der Waals surface area contributed by atoms with Gasteiger partial charge in [0.1, 0.15) is 17.3 Å². The van der Waals surface area contributed by atoms with E-state index in [0.717, 1.165) is 0 Å². The van der Waals surface area contributed by atoms with Crippen molar-refractivity contribution in [3.8, 4) is 23.0 Å². The molecule has 1 aliphatic rings. The minimum atomic E-state index is -0.948. The number of likely N-dealkylation sites (N-methyl/N-ethyl adjacent to an activating group) is 1. The fourth-order valence-corrected chi connectivity index (χ4v) is 4.24. The second-order valence-corrected chi connectivity index (χ2v) is 8.82. The summed E-state index contributed by atoms with van der Waals surface area (Å²) in [5, 5.41) is 11.5. The Hall–Kier alpha value is -4.05. The number of ketones is 1. The highest BCUT2D eigenvalue weighted by atomic mass is 16.6. The zero-order valence-corrected chi connectivity index (χ0v) is 22.6. The smallest absolute Gasteiger partial charge is 0.308 e. The van der Waals surface area contributed by atoms with Gasteiger partial charge in [-0.3, -0.25) is 14.4 Å². The second-order valence-electron chi connectivity index (χ2n) is 8.82. The number of rotatable bonds is 11. The van der Waals surface area contributed by atoms with Crippen LogP contribution in [0.15, 0.2) is 42.0 Å². The van der Waals surface area contributed by atoms with Gasteiger partial charge in [0.05, 0.1) is 37.5 Å². The third-order valence-corrected chi connectivity index (χ3v) is 5.90. The van der Waals surface area contributed by atoms with Crippen molar-refractivity contribution in [3.05, 3.63) is 53.1 Å². The molecule has 0 spiro atoms. The van der Waals surface area contributed by atoms with Crippen molar-refractivity contribution in [3.63, 3.8) is 0 Å². The third-order valence-electron chi connectivity index (χ3n) is 5.90. The predicted molar refractivity (Wildman–Crippen MR) is 141 cm³/mol. The van der Waals surface area contributed by atoms with Crippen LogP contribution in [0, 0.1) is 0 Å². The Kier molecular flexibility index (Phi) is 9.35. The predicted octanol–water partition coefficient (Wildman–Crippen LogP) is 3.40. The molecule has 1 fully saturated rings.